The molecule has 2 aromatic carbocycles. The van der Waals surface area contributed by atoms with Gasteiger partial charge in [0.05, 0.1) is 11.2 Å². The second-order valence-corrected chi connectivity index (χ2v) is 5.96. The van der Waals surface area contributed by atoms with Crippen molar-refractivity contribution >= 4 is 39.1 Å². The molecule has 0 spiro atoms. The highest BCUT2D eigenvalue weighted by Gasteiger charge is 2.23. The summed E-state index contributed by atoms with van der Waals surface area (Å²) in [4.78, 5) is 11.0. The highest BCUT2D eigenvalue weighted by Crippen LogP contribution is 2.40. The van der Waals surface area contributed by atoms with E-state index in [1.165, 1.54) is 6.07 Å². The van der Waals surface area contributed by atoms with Crippen molar-refractivity contribution in [2.45, 2.75) is 11.2 Å². The summed E-state index contributed by atoms with van der Waals surface area (Å²) in [5.41, 5.74) is 2.89. The van der Waals surface area contributed by atoms with Crippen LogP contribution in [-0.4, -0.2) is 5.91 Å². The summed E-state index contributed by atoms with van der Waals surface area (Å²) in [6, 6.07) is 10.1. The molecule has 0 aliphatic carbocycles. The van der Waals surface area contributed by atoms with Gasteiger partial charge in [0, 0.05) is 16.3 Å². The highest BCUT2D eigenvalue weighted by atomic mass is 79.9. The summed E-state index contributed by atoms with van der Waals surface area (Å²) < 4.78 is 13.9. The Morgan fingerprint density at radius 3 is 2.75 bits per heavy atom. The monoisotopic (exact) mass is 353 g/mol. The van der Waals surface area contributed by atoms with Crippen molar-refractivity contribution < 1.29 is 9.18 Å². The summed E-state index contributed by atoms with van der Waals surface area (Å²) >= 11 is 9.74. The van der Waals surface area contributed by atoms with Gasteiger partial charge in [-0.15, -0.1) is 0 Å². The lowest BCUT2D eigenvalue weighted by atomic mass is 10.0. The van der Waals surface area contributed by atoms with E-state index >= 15 is 0 Å². The Morgan fingerprint density at radius 1 is 1.25 bits per heavy atom. The summed E-state index contributed by atoms with van der Waals surface area (Å²) in [5.74, 6) is -0.342. The summed E-state index contributed by atoms with van der Waals surface area (Å²) in [6.07, 6.45) is 0.330. The number of carbonyl (C=O) groups excluding carboxylic acids is 1. The number of halogens is 3. The predicted molar refractivity (Wildman–Crippen MR) is 81.0 cm³/mol. The third-order valence-electron chi connectivity index (χ3n) is 3.30. The zero-order chi connectivity index (χ0) is 14.3. The first-order valence-corrected chi connectivity index (χ1v) is 7.36. The molecule has 2 aromatic rings. The maximum Gasteiger partial charge on any atom is 0.228 e. The van der Waals surface area contributed by atoms with Crippen molar-refractivity contribution in [3.05, 3.63) is 63.9 Å². The largest absolute Gasteiger partial charge is 0.325 e. The average molecular weight is 355 g/mol. The average Bonchev–Trinajstić information content (AvgIpc) is 2.76. The first-order valence-electron chi connectivity index (χ1n) is 6.07. The van der Waals surface area contributed by atoms with E-state index in [1.54, 1.807) is 24.3 Å². The lowest BCUT2D eigenvalue weighted by Crippen LogP contribution is -2.03. The quantitative estimate of drug-likeness (QED) is 0.793. The molecule has 0 fully saturated rings. The van der Waals surface area contributed by atoms with E-state index in [0.29, 0.717) is 17.0 Å². The number of hydrogen-bond acceptors (Lipinski definition) is 1. The number of rotatable bonds is 2. The fourth-order valence-electron chi connectivity index (χ4n) is 2.31. The molecule has 5 heteroatoms. The van der Waals surface area contributed by atoms with Crippen LogP contribution in [0.15, 0.2) is 36.4 Å². The number of hydrogen-bond donors (Lipinski definition) is 1. The van der Waals surface area contributed by atoms with Gasteiger partial charge < -0.3 is 5.32 Å². The van der Waals surface area contributed by atoms with Crippen molar-refractivity contribution in [2.75, 3.05) is 5.32 Å². The van der Waals surface area contributed by atoms with Gasteiger partial charge in [-0.1, -0.05) is 51.8 Å². The summed E-state index contributed by atoms with van der Waals surface area (Å²) in [5, 5.41) is 3.24. The van der Waals surface area contributed by atoms with Gasteiger partial charge in [-0.05, 0) is 23.3 Å². The van der Waals surface area contributed by atoms with Crippen molar-refractivity contribution in [3.63, 3.8) is 0 Å². The predicted octanol–water partition coefficient (Wildman–Crippen LogP) is 4.46. The number of carbonyl (C=O) groups is 1. The Bertz CT molecular complexity index is 704. The minimum Gasteiger partial charge on any atom is -0.325 e. The molecule has 1 heterocycles. The van der Waals surface area contributed by atoms with Gasteiger partial charge in [0.25, 0.3) is 0 Å². The fourth-order valence-corrected chi connectivity index (χ4v) is 3.46. The molecule has 1 unspecified atom stereocenters. The SMILES string of the molecule is O=C1Cc2cc(C(Br)c3ccccc3F)c(Cl)cc2N1. The number of fused-ring (bicyclic) bond motifs is 1. The van der Waals surface area contributed by atoms with E-state index in [1.807, 2.05) is 6.07 Å². The van der Waals surface area contributed by atoms with Crippen molar-refractivity contribution in [1.82, 2.24) is 0 Å². The van der Waals surface area contributed by atoms with Gasteiger partial charge in [0.1, 0.15) is 5.82 Å². The number of anilines is 1. The Labute approximate surface area is 129 Å². The molecule has 0 radical (unpaired) electrons. The van der Waals surface area contributed by atoms with Crippen LogP contribution >= 0.6 is 27.5 Å². The van der Waals surface area contributed by atoms with Crippen LogP contribution in [0.4, 0.5) is 10.1 Å². The lowest BCUT2D eigenvalue weighted by Gasteiger charge is -2.15. The fraction of sp³-hybridized carbons (Fsp3) is 0.133. The van der Waals surface area contributed by atoms with Gasteiger partial charge in [-0.3, -0.25) is 4.79 Å². The van der Waals surface area contributed by atoms with E-state index in [0.717, 1.165) is 16.8 Å². The van der Waals surface area contributed by atoms with Crippen LogP contribution in [0, 0.1) is 5.82 Å². The zero-order valence-corrected chi connectivity index (χ0v) is 12.6. The maximum atomic E-state index is 13.9. The van der Waals surface area contributed by atoms with Gasteiger partial charge in [-0.25, -0.2) is 4.39 Å². The van der Waals surface area contributed by atoms with Crippen molar-refractivity contribution in [3.8, 4) is 0 Å². The highest BCUT2D eigenvalue weighted by molar-refractivity contribution is 9.09. The van der Waals surface area contributed by atoms with Crippen LogP contribution in [0.5, 0.6) is 0 Å². The van der Waals surface area contributed by atoms with Crippen LogP contribution in [0.3, 0.4) is 0 Å². The minimum absolute atomic E-state index is 0.0507. The van der Waals surface area contributed by atoms with Gasteiger partial charge in [0.2, 0.25) is 5.91 Å². The minimum atomic E-state index is -0.350. The van der Waals surface area contributed by atoms with E-state index in [2.05, 4.69) is 21.2 Å². The smallest absolute Gasteiger partial charge is 0.228 e. The van der Waals surface area contributed by atoms with Gasteiger partial charge in [-0.2, -0.15) is 0 Å². The molecule has 0 saturated carbocycles. The molecule has 0 saturated heterocycles. The van der Waals surface area contributed by atoms with E-state index in [-0.39, 0.29) is 16.6 Å². The maximum absolute atomic E-state index is 13.9. The molecule has 2 nitrogen and oxygen atoms in total. The molecular formula is C15H10BrClFNO. The van der Waals surface area contributed by atoms with Crippen LogP contribution in [0.1, 0.15) is 21.5 Å². The number of nitrogens with one attached hydrogen (secondary N) is 1. The number of alkyl halides is 1. The standard InChI is InChI=1S/C15H10BrClFNO/c16-15(9-3-1-2-4-12(9)18)10-5-8-6-14(20)19-13(8)7-11(10)17/h1-5,7,15H,6H2,(H,19,20). The van der Waals surface area contributed by atoms with E-state index < -0.39 is 0 Å². The number of benzene rings is 2. The lowest BCUT2D eigenvalue weighted by molar-refractivity contribution is -0.115. The van der Waals surface area contributed by atoms with Crippen molar-refractivity contribution in [2.24, 2.45) is 0 Å². The van der Waals surface area contributed by atoms with E-state index in [9.17, 15) is 9.18 Å². The van der Waals surface area contributed by atoms with Gasteiger partial charge in [0.15, 0.2) is 0 Å². The Morgan fingerprint density at radius 2 is 2.00 bits per heavy atom. The van der Waals surface area contributed by atoms with Gasteiger partial charge >= 0.3 is 0 Å². The van der Waals surface area contributed by atoms with Crippen LogP contribution in [0.25, 0.3) is 0 Å². The third kappa shape index (κ3) is 2.34. The second kappa shape index (κ2) is 5.19. The molecule has 1 atom stereocenters. The summed E-state index contributed by atoms with van der Waals surface area (Å²) in [7, 11) is 0. The molecule has 0 bridgehead atoms. The molecule has 1 aliphatic heterocycles. The van der Waals surface area contributed by atoms with Crippen molar-refractivity contribution in [1.29, 1.82) is 0 Å². The second-order valence-electron chi connectivity index (χ2n) is 4.64. The molecule has 1 N–H and O–H groups in total. The number of amides is 1. The normalized spacial score (nSPS) is 14.8. The molecule has 0 aromatic heterocycles. The zero-order valence-electron chi connectivity index (χ0n) is 10.3. The molecular weight excluding hydrogens is 345 g/mol. The molecule has 1 aliphatic rings. The Balaban J connectivity index is 2.05. The molecule has 102 valence electrons. The molecule has 3 rings (SSSR count). The topological polar surface area (TPSA) is 29.1 Å². The van der Waals surface area contributed by atoms with Crippen LogP contribution in [-0.2, 0) is 11.2 Å². The van der Waals surface area contributed by atoms with Crippen LogP contribution in [0.2, 0.25) is 5.02 Å². The first kappa shape index (κ1) is 13.6. The third-order valence-corrected chi connectivity index (χ3v) is 4.61. The molecule has 20 heavy (non-hydrogen) atoms. The molecule has 1 amide bonds. The Kier molecular flexibility index (Phi) is 3.52. The van der Waals surface area contributed by atoms with E-state index in [4.69, 9.17) is 11.6 Å². The Hall–Kier alpha value is -1.39. The van der Waals surface area contributed by atoms with Crippen LogP contribution < -0.4 is 5.32 Å². The summed E-state index contributed by atoms with van der Waals surface area (Å²) in [6.45, 7) is 0. The first-order chi connectivity index (χ1) is 9.56.